The second-order valence-electron chi connectivity index (χ2n) is 5.01. The third-order valence-corrected chi connectivity index (χ3v) is 3.13. The fourth-order valence-corrected chi connectivity index (χ4v) is 2.11. The van der Waals surface area contributed by atoms with E-state index in [-0.39, 0.29) is 6.04 Å². The Kier molecular flexibility index (Phi) is 5.99. The summed E-state index contributed by atoms with van der Waals surface area (Å²) in [6, 6.07) is 5.87. The Bertz CT molecular complexity index is 364. The molecule has 1 aromatic carbocycles. The molecule has 1 rings (SSSR count). The maximum atomic E-state index is 6.25. The number of para-hydroxylation sites is 1. The van der Waals surface area contributed by atoms with E-state index in [2.05, 4.69) is 13.8 Å². The molecule has 3 nitrogen and oxygen atoms in total. The zero-order valence-corrected chi connectivity index (χ0v) is 11.9. The van der Waals surface area contributed by atoms with Gasteiger partial charge in [0.1, 0.15) is 0 Å². The standard InChI is InChI=1S/C15H25NO2/c1-11(2)7-5-9-13(16)12-8-6-10-14(17-3)15(12)18-4/h6,8,10-11,13H,5,7,9,16H2,1-4H3. The van der Waals surface area contributed by atoms with Crippen LogP contribution in [0.2, 0.25) is 0 Å². The van der Waals surface area contributed by atoms with E-state index >= 15 is 0 Å². The zero-order valence-electron chi connectivity index (χ0n) is 11.9. The highest BCUT2D eigenvalue weighted by Crippen LogP contribution is 2.35. The molecular weight excluding hydrogens is 226 g/mol. The molecule has 0 heterocycles. The molecule has 0 aliphatic carbocycles. The van der Waals surface area contributed by atoms with Crippen LogP contribution >= 0.6 is 0 Å². The van der Waals surface area contributed by atoms with Crippen molar-refractivity contribution in [3.8, 4) is 11.5 Å². The molecule has 1 aromatic rings. The fraction of sp³-hybridized carbons (Fsp3) is 0.600. The number of nitrogens with two attached hydrogens (primary N) is 1. The Balaban J connectivity index is 2.75. The molecule has 0 bridgehead atoms. The highest BCUT2D eigenvalue weighted by atomic mass is 16.5. The van der Waals surface area contributed by atoms with Gasteiger partial charge >= 0.3 is 0 Å². The number of hydrogen-bond acceptors (Lipinski definition) is 3. The van der Waals surface area contributed by atoms with Gasteiger partial charge in [-0.3, -0.25) is 0 Å². The van der Waals surface area contributed by atoms with Crippen LogP contribution in [0.4, 0.5) is 0 Å². The first kappa shape index (κ1) is 14.8. The van der Waals surface area contributed by atoms with Gasteiger partial charge in [0.15, 0.2) is 11.5 Å². The van der Waals surface area contributed by atoms with Gasteiger partial charge in [-0.2, -0.15) is 0 Å². The number of rotatable bonds is 7. The summed E-state index contributed by atoms with van der Waals surface area (Å²) in [6.45, 7) is 4.47. The molecule has 2 N–H and O–H groups in total. The molecule has 1 unspecified atom stereocenters. The molecule has 1 atom stereocenters. The summed E-state index contributed by atoms with van der Waals surface area (Å²) >= 11 is 0. The van der Waals surface area contributed by atoms with E-state index in [1.54, 1.807) is 14.2 Å². The van der Waals surface area contributed by atoms with Gasteiger partial charge in [-0.15, -0.1) is 0 Å². The minimum atomic E-state index is 0.00815. The van der Waals surface area contributed by atoms with Gasteiger partial charge in [0.25, 0.3) is 0 Å². The smallest absolute Gasteiger partial charge is 0.165 e. The van der Waals surface area contributed by atoms with E-state index in [1.807, 2.05) is 18.2 Å². The molecule has 102 valence electrons. The van der Waals surface area contributed by atoms with Crippen LogP contribution in [0.25, 0.3) is 0 Å². The van der Waals surface area contributed by atoms with Gasteiger partial charge in [-0.1, -0.05) is 38.8 Å². The van der Waals surface area contributed by atoms with Crippen molar-refractivity contribution in [3.05, 3.63) is 23.8 Å². The predicted octanol–water partition coefficient (Wildman–Crippen LogP) is 3.53. The van der Waals surface area contributed by atoms with Crippen LogP contribution in [0.1, 0.15) is 44.7 Å². The lowest BCUT2D eigenvalue weighted by Gasteiger charge is -2.18. The van der Waals surface area contributed by atoms with E-state index in [0.29, 0.717) is 0 Å². The van der Waals surface area contributed by atoms with Gasteiger partial charge in [0.2, 0.25) is 0 Å². The first-order valence-corrected chi connectivity index (χ1v) is 6.56. The molecule has 0 spiro atoms. The predicted molar refractivity (Wildman–Crippen MR) is 75.2 cm³/mol. The third-order valence-electron chi connectivity index (χ3n) is 3.13. The van der Waals surface area contributed by atoms with Crippen LogP contribution in [-0.2, 0) is 0 Å². The molecular formula is C15H25NO2. The van der Waals surface area contributed by atoms with Crippen molar-refractivity contribution >= 4 is 0 Å². The van der Waals surface area contributed by atoms with Crippen molar-refractivity contribution in [2.24, 2.45) is 11.7 Å². The lowest BCUT2D eigenvalue weighted by Crippen LogP contribution is -2.12. The molecule has 18 heavy (non-hydrogen) atoms. The number of ether oxygens (including phenoxy) is 2. The quantitative estimate of drug-likeness (QED) is 0.806. The van der Waals surface area contributed by atoms with E-state index in [0.717, 1.165) is 35.8 Å². The average Bonchev–Trinajstić information content (AvgIpc) is 2.36. The first-order valence-electron chi connectivity index (χ1n) is 6.56. The van der Waals surface area contributed by atoms with Gasteiger partial charge in [0, 0.05) is 11.6 Å². The molecule has 0 aliphatic rings. The Hall–Kier alpha value is -1.22. The Morgan fingerprint density at radius 1 is 1.11 bits per heavy atom. The van der Waals surface area contributed by atoms with Gasteiger partial charge in [-0.25, -0.2) is 0 Å². The summed E-state index contributed by atoms with van der Waals surface area (Å²) in [7, 11) is 3.30. The van der Waals surface area contributed by atoms with Crippen LogP contribution in [0.3, 0.4) is 0 Å². The number of methoxy groups -OCH3 is 2. The molecule has 0 saturated heterocycles. The van der Waals surface area contributed by atoms with Crippen LogP contribution in [0, 0.1) is 5.92 Å². The SMILES string of the molecule is COc1cccc(C(N)CCCC(C)C)c1OC. The highest BCUT2D eigenvalue weighted by molar-refractivity contribution is 5.47. The van der Waals surface area contributed by atoms with Crippen LogP contribution in [0.5, 0.6) is 11.5 Å². The largest absolute Gasteiger partial charge is 0.493 e. The highest BCUT2D eigenvalue weighted by Gasteiger charge is 2.15. The minimum absolute atomic E-state index is 0.00815. The maximum absolute atomic E-state index is 6.25. The van der Waals surface area contributed by atoms with Gasteiger partial charge in [0.05, 0.1) is 14.2 Å². The lowest BCUT2D eigenvalue weighted by atomic mass is 9.98. The van der Waals surface area contributed by atoms with Crippen molar-refractivity contribution in [2.45, 2.75) is 39.2 Å². The molecule has 0 saturated carbocycles. The Morgan fingerprint density at radius 3 is 2.39 bits per heavy atom. The van der Waals surface area contributed by atoms with Crippen LogP contribution in [0.15, 0.2) is 18.2 Å². The first-order chi connectivity index (χ1) is 8.60. The van der Waals surface area contributed by atoms with Crippen molar-refractivity contribution in [1.29, 1.82) is 0 Å². The van der Waals surface area contributed by atoms with E-state index < -0.39 is 0 Å². The van der Waals surface area contributed by atoms with Crippen molar-refractivity contribution in [2.75, 3.05) is 14.2 Å². The van der Waals surface area contributed by atoms with Gasteiger partial charge < -0.3 is 15.2 Å². The van der Waals surface area contributed by atoms with E-state index in [1.165, 1.54) is 6.42 Å². The fourth-order valence-electron chi connectivity index (χ4n) is 2.11. The van der Waals surface area contributed by atoms with Crippen molar-refractivity contribution < 1.29 is 9.47 Å². The van der Waals surface area contributed by atoms with Crippen molar-refractivity contribution in [1.82, 2.24) is 0 Å². The normalized spacial score (nSPS) is 12.6. The van der Waals surface area contributed by atoms with Crippen LogP contribution in [-0.4, -0.2) is 14.2 Å². The summed E-state index contributed by atoms with van der Waals surface area (Å²) in [5.74, 6) is 2.23. The zero-order chi connectivity index (χ0) is 13.5. The topological polar surface area (TPSA) is 44.5 Å². The molecule has 0 aliphatic heterocycles. The van der Waals surface area contributed by atoms with Crippen molar-refractivity contribution in [3.63, 3.8) is 0 Å². The van der Waals surface area contributed by atoms with E-state index in [4.69, 9.17) is 15.2 Å². The summed E-state index contributed by atoms with van der Waals surface area (Å²) in [5, 5.41) is 0. The molecule has 0 radical (unpaired) electrons. The Labute approximate surface area is 110 Å². The Morgan fingerprint density at radius 2 is 1.83 bits per heavy atom. The maximum Gasteiger partial charge on any atom is 0.165 e. The summed E-state index contributed by atoms with van der Waals surface area (Å²) in [4.78, 5) is 0. The minimum Gasteiger partial charge on any atom is -0.493 e. The lowest BCUT2D eigenvalue weighted by molar-refractivity contribution is 0.348. The summed E-state index contributed by atoms with van der Waals surface area (Å²) < 4.78 is 10.7. The van der Waals surface area contributed by atoms with Crippen LogP contribution < -0.4 is 15.2 Å². The molecule has 0 aromatic heterocycles. The summed E-state index contributed by atoms with van der Waals surface area (Å²) in [6.07, 6.45) is 3.32. The second kappa shape index (κ2) is 7.27. The molecule has 0 amide bonds. The molecule has 3 heteroatoms. The van der Waals surface area contributed by atoms with Gasteiger partial charge in [-0.05, 0) is 18.4 Å². The second-order valence-corrected chi connectivity index (χ2v) is 5.01. The number of hydrogen-bond donors (Lipinski definition) is 1. The monoisotopic (exact) mass is 251 g/mol. The van der Waals surface area contributed by atoms with E-state index in [9.17, 15) is 0 Å². The third kappa shape index (κ3) is 3.91. The molecule has 0 fully saturated rings. The number of benzene rings is 1. The summed E-state index contributed by atoms with van der Waals surface area (Å²) in [5.41, 5.74) is 7.27. The average molecular weight is 251 g/mol.